The Labute approximate surface area is 108 Å². The average molecular weight is 248 g/mol. The van der Waals surface area contributed by atoms with Crippen molar-refractivity contribution < 1.29 is 4.74 Å². The van der Waals surface area contributed by atoms with Crippen molar-refractivity contribution >= 4 is 0 Å². The van der Waals surface area contributed by atoms with Gasteiger partial charge in [0.15, 0.2) is 0 Å². The van der Waals surface area contributed by atoms with Crippen LogP contribution in [0.4, 0.5) is 0 Å². The summed E-state index contributed by atoms with van der Waals surface area (Å²) >= 11 is 0. The van der Waals surface area contributed by atoms with Crippen LogP contribution in [0.3, 0.4) is 0 Å². The molecule has 0 radical (unpaired) electrons. The zero-order valence-corrected chi connectivity index (χ0v) is 11.1. The zero-order chi connectivity index (χ0) is 13.0. The standard InChI is InChI=1S/C13H20N4O/c1-10(11-4-3-5-11)17-13(7-9-18-2)12(6-8-14)15-16-17/h10-11H,3-7,9H2,1-2H3. The predicted molar refractivity (Wildman–Crippen MR) is 67.0 cm³/mol. The second-order valence-corrected chi connectivity index (χ2v) is 4.94. The number of ether oxygens (including phenoxy) is 1. The molecule has 1 atom stereocenters. The van der Waals surface area contributed by atoms with E-state index in [0.717, 1.165) is 17.8 Å². The van der Waals surface area contributed by atoms with E-state index in [4.69, 9.17) is 10.00 Å². The van der Waals surface area contributed by atoms with Crippen molar-refractivity contribution in [3.8, 4) is 6.07 Å². The van der Waals surface area contributed by atoms with Gasteiger partial charge in [0.05, 0.1) is 30.8 Å². The van der Waals surface area contributed by atoms with Crippen LogP contribution in [-0.4, -0.2) is 28.7 Å². The smallest absolute Gasteiger partial charge is 0.100 e. The van der Waals surface area contributed by atoms with Crippen LogP contribution in [0.5, 0.6) is 0 Å². The summed E-state index contributed by atoms with van der Waals surface area (Å²) < 4.78 is 7.14. The van der Waals surface area contributed by atoms with Crippen LogP contribution in [0.15, 0.2) is 0 Å². The van der Waals surface area contributed by atoms with Crippen LogP contribution in [0.25, 0.3) is 0 Å². The van der Waals surface area contributed by atoms with Crippen molar-refractivity contribution in [1.82, 2.24) is 15.0 Å². The van der Waals surface area contributed by atoms with E-state index in [1.165, 1.54) is 19.3 Å². The lowest BCUT2D eigenvalue weighted by atomic mass is 9.80. The lowest BCUT2D eigenvalue weighted by Crippen LogP contribution is -2.25. The lowest BCUT2D eigenvalue weighted by molar-refractivity contribution is 0.187. The van der Waals surface area contributed by atoms with Gasteiger partial charge in [-0.3, -0.25) is 0 Å². The highest BCUT2D eigenvalue weighted by molar-refractivity contribution is 5.15. The van der Waals surface area contributed by atoms with Gasteiger partial charge in [0.2, 0.25) is 0 Å². The molecule has 1 aliphatic rings. The molecule has 0 saturated heterocycles. The molecule has 1 aliphatic carbocycles. The van der Waals surface area contributed by atoms with Gasteiger partial charge in [0, 0.05) is 13.5 Å². The maximum atomic E-state index is 8.83. The van der Waals surface area contributed by atoms with Crippen LogP contribution in [0.1, 0.15) is 43.6 Å². The third-order valence-corrected chi connectivity index (χ3v) is 3.88. The maximum absolute atomic E-state index is 8.83. The lowest BCUT2D eigenvalue weighted by Gasteiger charge is -2.32. The van der Waals surface area contributed by atoms with Crippen molar-refractivity contribution in [3.05, 3.63) is 11.4 Å². The molecule has 5 nitrogen and oxygen atoms in total. The highest BCUT2D eigenvalue weighted by Gasteiger charge is 2.28. The Morgan fingerprint density at radius 2 is 2.33 bits per heavy atom. The predicted octanol–water partition coefficient (Wildman–Crippen LogP) is 1.89. The molecule has 1 aromatic heterocycles. The van der Waals surface area contributed by atoms with Gasteiger partial charge in [-0.25, -0.2) is 4.68 Å². The molecular weight excluding hydrogens is 228 g/mol. The van der Waals surface area contributed by atoms with Crippen LogP contribution >= 0.6 is 0 Å². The van der Waals surface area contributed by atoms with Gasteiger partial charge in [-0.2, -0.15) is 5.26 Å². The second kappa shape index (κ2) is 5.96. The fourth-order valence-electron chi connectivity index (χ4n) is 2.47. The van der Waals surface area contributed by atoms with Crippen LogP contribution < -0.4 is 0 Å². The Kier molecular flexibility index (Phi) is 4.32. The van der Waals surface area contributed by atoms with Gasteiger partial charge in [0.25, 0.3) is 0 Å². The Bertz CT molecular complexity index is 431. The second-order valence-electron chi connectivity index (χ2n) is 4.94. The zero-order valence-electron chi connectivity index (χ0n) is 11.1. The van der Waals surface area contributed by atoms with Gasteiger partial charge < -0.3 is 4.74 Å². The average Bonchev–Trinajstić information content (AvgIpc) is 2.67. The molecule has 0 amide bonds. The number of rotatable bonds is 6. The molecule has 0 bridgehead atoms. The molecule has 2 rings (SSSR count). The molecule has 0 aromatic carbocycles. The van der Waals surface area contributed by atoms with E-state index < -0.39 is 0 Å². The summed E-state index contributed by atoms with van der Waals surface area (Å²) in [7, 11) is 1.69. The number of hydrogen-bond acceptors (Lipinski definition) is 4. The first kappa shape index (κ1) is 13.0. The molecule has 1 saturated carbocycles. The molecular formula is C13H20N4O. The molecule has 18 heavy (non-hydrogen) atoms. The van der Waals surface area contributed by atoms with Gasteiger partial charge in [-0.1, -0.05) is 11.6 Å². The fraction of sp³-hybridized carbons (Fsp3) is 0.769. The van der Waals surface area contributed by atoms with Crippen molar-refractivity contribution in [1.29, 1.82) is 5.26 Å². The van der Waals surface area contributed by atoms with E-state index in [1.54, 1.807) is 7.11 Å². The summed E-state index contributed by atoms with van der Waals surface area (Å²) in [6.45, 7) is 2.84. The molecule has 0 N–H and O–H groups in total. The summed E-state index contributed by atoms with van der Waals surface area (Å²) in [6.07, 6.45) is 4.98. The summed E-state index contributed by atoms with van der Waals surface area (Å²) in [5.41, 5.74) is 1.87. The van der Waals surface area contributed by atoms with Gasteiger partial charge in [-0.15, -0.1) is 5.10 Å². The molecule has 1 fully saturated rings. The summed E-state index contributed by atoms with van der Waals surface area (Å²) in [5, 5.41) is 17.2. The van der Waals surface area contributed by atoms with E-state index >= 15 is 0 Å². The van der Waals surface area contributed by atoms with E-state index in [9.17, 15) is 0 Å². The van der Waals surface area contributed by atoms with E-state index in [-0.39, 0.29) is 0 Å². The normalized spacial score (nSPS) is 17.2. The van der Waals surface area contributed by atoms with Gasteiger partial charge in [-0.05, 0) is 25.7 Å². The molecule has 0 spiro atoms. The minimum absolute atomic E-state index is 0.330. The first-order valence-corrected chi connectivity index (χ1v) is 6.56. The van der Waals surface area contributed by atoms with Crippen LogP contribution in [-0.2, 0) is 17.6 Å². The summed E-state index contributed by atoms with van der Waals surface area (Å²) in [4.78, 5) is 0. The highest BCUT2D eigenvalue weighted by atomic mass is 16.5. The Hall–Kier alpha value is -1.41. The van der Waals surface area contributed by atoms with Gasteiger partial charge >= 0.3 is 0 Å². The Morgan fingerprint density at radius 3 is 2.89 bits per heavy atom. The number of methoxy groups -OCH3 is 1. The monoisotopic (exact) mass is 248 g/mol. The first-order chi connectivity index (χ1) is 8.77. The molecule has 98 valence electrons. The largest absolute Gasteiger partial charge is 0.384 e. The molecule has 1 unspecified atom stereocenters. The third kappa shape index (κ3) is 2.54. The van der Waals surface area contributed by atoms with Crippen molar-refractivity contribution in [2.24, 2.45) is 5.92 Å². The first-order valence-electron chi connectivity index (χ1n) is 6.56. The van der Waals surface area contributed by atoms with Crippen molar-refractivity contribution in [2.75, 3.05) is 13.7 Å². The number of nitriles is 1. The van der Waals surface area contributed by atoms with E-state index in [0.29, 0.717) is 25.0 Å². The summed E-state index contributed by atoms with van der Waals surface area (Å²) in [6, 6.07) is 2.53. The number of aromatic nitrogens is 3. The van der Waals surface area contributed by atoms with E-state index in [2.05, 4.69) is 23.3 Å². The Morgan fingerprint density at radius 1 is 1.56 bits per heavy atom. The molecule has 5 heteroatoms. The minimum atomic E-state index is 0.330. The summed E-state index contributed by atoms with van der Waals surface area (Å²) in [5.74, 6) is 0.711. The van der Waals surface area contributed by atoms with Crippen molar-refractivity contribution in [2.45, 2.75) is 45.1 Å². The van der Waals surface area contributed by atoms with Crippen LogP contribution in [0.2, 0.25) is 0 Å². The third-order valence-electron chi connectivity index (χ3n) is 3.88. The molecule has 1 heterocycles. The highest BCUT2D eigenvalue weighted by Crippen LogP contribution is 2.36. The van der Waals surface area contributed by atoms with Crippen LogP contribution in [0, 0.1) is 17.2 Å². The number of nitrogens with zero attached hydrogens (tertiary/aromatic N) is 4. The van der Waals surface area contributed by atoms with Gasteiger partial charge in [0.1, 0.15) is 5.69 Å². The maximum Gasteiger partial charge on any atom is 0.100 e. The Balaban J connectivity index is 2.19. The fourth-order valence-corrected chi connectivity index (χ4v) is 2.47. The SMILES string of the molecule is COCCc1c(CC#N)nnn1C(C)C1CCC1. The molecule has 0 aliphatic heterocycles. The quantitative estimate of drug-likeness (QED) is 0.771. The topological polar surface area (TPSA) is 63.7 Å². The van der Waals surface area contributed by atoms with E-state index in [1.807, 2.05) is 4.68 Å². The number of hydrogen-bond donors (Lipinski definition) is 0. The van der Waals surface area contributed by atoms with Crippen molar-refractivity contribution in [3.63, 3.8) is 0 Å². The minimum Gasteiger partial charge on any atom is -0.384 e. The molecule has 1 aromatic rings.